The van der Waals surface area contributed by atoms with E-state index in [0.29, 0.717) is 17.1 Å². The van der Waals surface area contributed by atoms with E-state index in [-0.39, 0.29) is 0 Å². The summed E-state index contributed by atoms with van der Waals surface area (Å²) in [7, 11) is 1.49. The lowest BCUT2D eigenvalue weighted by Crippen LogP contribution is -2.14. The molecule has 0 amide bonds. The molecule has 0 aliphatic carbocycles. The third kappa shape index (κ3) is 2.24. The summed E-state index contributed by atoms with van der Waals surface area (Å²) in [5.74, 6) is 1.40. The molecule has 0 saturated carbocycles. The Kier molecular flexibility index (Phi) is 3.67. The molecule has 0 spiro atoms. The van der Waals surface area contributed by atoms with E-state index in [4.69, 9.17) is 14.9 Å². The lowest BCUT2D eigenvalue weighted by atomic mass is 10.0. The smallest absolute Gasteiger partial charge is 0.132 e. The standard InChI is InChI=1S/C14H16FNO2/c1-3-9-7-8-12(18-9)14(16)13-10(15)5-4-6-11(13)17-2/h4-8,14H,3,16H2,1-2H3. The lowest BCUT2D eigenvalue weighted by molar-refractivity contribution is 0.393. The summed E-state index contributed by atoms with van der Waals surface area (Å²) in [5, 5.41) is 0. The summed E-state index contributed by atoms with van der Waals surface area (Å²) < 4.78 is 24.6. The molecule has 1 atom stereocenters. The van der Waals surface area contributed by atoms with Crippen LogP contribution in [0.2, 0.25) is 0 Å². The van der Waals surface area contributed by atoms with Crippen LogP contribution in [0.3, 0.4) is 0 Å². The number of nitrogens with two attached hydrogens (primary N) is 1. The lowest BCUT2D eigenvalue weighted by Gasteiger charge is -2.14. The Hall–Kier alpha value is -1.81. The van der Waals surface area contributed by atoms with Crippen LogP contribution in [0.5, 0.6) is 5.75 Å². The summed E-state index contributed by atoms with van der Waals surface area (Å²) >= 11 is 0. The van der Waals surface area contributed by atoms with Crippen molar-refractivity contribution in [3.8, 4) is 5.75 Å². The van der Waals surface area contributed by atoms with Gasteiger partial charge in [-0.15, -0.1) is 0 Å². The van der Waals surface area contributed by atoms with Crippen LogP contribution in [0.4, 0.5) is 4.39 Å². The van der Waals surface area contributed by atoms with Gasteiger partial charge in [-0.05, 0) is 24.3 Å². The molecule has 4 heteroatoms. The largest absolute Gasteiger partial charge is 0.496 e. The fourth-order valence-electron chi connectivity index (χ4n) is 1.89. The minimum absolute atomic E-state index is 0.317. The molecule has 2 N–H and O–H groups in total. The summed E-state index contributed by atoms with van der Waals surface area (Å²) in [6.07, 6.45) is 0.779. The number of hydrogen-bond donors (Lipinski definition) is 1. The van der Waals surface area contributed by atoms with E-state index in [1.165, 1.54) is 13.2 Å². The van der Waals surface area contributed by atoms with Crippen LogP contribution in [0.1, 0.15) is 30.0 Å². The Labute approximate surface area is 105 Å². The van der Waals surface area contributed by atoms with E-state index in [1.54, 1.807) is 18.2 Å². The molecule has 0 aliphatic heterocycles. The highest BCUT2D eigenvalue weighted by Crippen LogP contribution is 2.31. The third-order valence-electron chi connectivity index (χ3n) is 2.88. The fourth-order valence-corrected chi connectivity index (χ4v) is 1.89. The average Bonchev–Trinajstić information content (AvgIpc) is 2.86. The van der Waals surface area contributed by atoms with Crippen molar-refractivity contribution in [1.82, 2.24) is 0 Å². The number of furan rings is 1. The molecular formula is C14H16FNO2. The second kappa shape index (κ2) is 5.23. The molecular weight excluding hydrogens is 233 g/mol. The molecule has 0 bridgehead atoms. The molecule has 0 radical (unpaired) electrons. The molecule has 2 rings (SSSR count). The Morgan fingerprint density at radius 2 is 2.11 bits per heavy atom. The summed E-state index contributed by atoms with van der Waals surface area (Å²) in [6, 6.07) is 7.59. The topological polar surface area (TPSA) is 48.4 Å². The first-order valence-corrected chi connectivity index (χ1v) is 5.84. The molecule has 1 heterocycles. The van der Waals surface area contributed by atoms with Crippen molar-refractivity contribution in [2.75, 3.05) is 7.11 Å². The quantitative estimate of drug-likeness (QED) is 0.906. The predicted octanol–water partition coefficient (Wildman–Crippen LogP) is 3.04. The first kappa shape index (κ1) is 12.6. The Morgan fingerprint density at radius 1 is 1.33 bits per heavy atom. The highest BCUT2D eigenvalue weighted by molar-refractivity contribution is 5.40. The van der Waals surface area contributed by atoms with Gasteiger partial charge >= 0.3 is 0 Å². The summed E-state index contributed by atoms with van der Waals surface area (Å²) in [6.45, 7) is 1.98. The SMILES string of the molecule is CCc1ccc(C(N)c2c(F)cccc2OC)o1. The van der Waals surface area contributed by atoms with Crippen molar-refractivity contribution in [1.29, 1.82) is 0 Å². The maximum atomic E-state index is 13.9. The van der Waals surface area contributed by atoms with Crippen molar-refractivity contribution < 1.29 is 13.5 Å². The van der Waals surface area contributed by atoms with E-state index < -0.39 is 11.9 Å². The van der Waals surface area contributed by atoms with Crippen molar-refractivity contribution in [3.05, 3.63) is 53.2 Å². The van der Waals surface area contributed by atoms with Crippen molar-refractivity contribution in [2.24, 2.45) is 5.73 Å². The number of hydrogen-bond acceptors (Lipinski definition) is 3. The van der Waals surface area contributed by atoms with E-state index in [1.807, 2.05) is 13.0 Å². The van der Waals surface area contributed by atoms with E-state index >= 15 is 0 Å². The van der Waals surface area contributed by atoms with Crippen LogP contribution in [0.25, 0.3) is 0 Å². The van der Waals surface area contributed by atoms with Crippen LogP contribution >= 0.6 is 0 Å². The Balaban J connectivity index is 2.41. The monoisotopic (exact) mass is 249 g/mol. The normalized spacial score (nSPS) is 12.4. The average molecular weight is 249 g/mol. The molecule has 0 fully saturated rings. The van der Waals surface area contributed by atoms with Crippen LogP contribution in [0, 0.1) is 5.82 Å². The first-order chi connectivity index (χ1) is 8.67. The first-order valence-electron chi connectivity index (χ1n) is 5.84. The van der Waals surface area contributed by atoms with Gasteiger partial charge in [0.25, 0.3) is 0 Å². The predicted molar refractivity (Wildman–Crippen MR) is 67.1 cm³/mol. The molecule has 18 heavy (non-hydrogen) atoms. The fraction of sp³-hybridized carbons (Fsp3) is 0.286. The molecule has 0 saturated heterocycles. The molecule has 2 aromatic rings. The van der Waals surface area contributed by atoms with E-state index in [9.17, 15) is 4.39 Å². The highest BCUT2D eigenvalue weighted by atomic mass is 19.1. The van der Waals surface area contributed by atoms with Gasteiger partial charge in [-0.2, -0.15) is 0 Å². The van der Waals surface area contributed by atoms with Gasteiger partial charge < -0.3 is 14.9 Å². The van der Waals surface area contributed by atoms with E-state index in [2.05, 4.69) is 0 Å². The van der Waals surface area contributed by atoms with Crippen LogP contribution in [-0.4, -0.2) is 7.11 Å². The number of ether oxygens (including phenoxy) is 1. The van der Waals surface area contributed by atoms with Gasteiger partial charge in [0.15, 0.2) is 0 Å². The van der Waals surface area contributed by atoms with Crippen molar-refractivity contribution in [3.63, 3.8) is 0 Å². The zero-order valence-corrected chi connectivity index (χ0v) is 10.4. The maximum absolute atomic E-state index is 13.9. The molecule has 1 aromatic carbocycles. The third-order valence-corrected chi connectivity index (χ3v) is 2.88. The number of rotatable bonds is 4. The van der Waals surface area contributed by atoms with Crippen LogP contribution in [-0.2, 0) is 6.42 Å². The van der Waals surface area contributed by atoms with Crippen LogP contribution < -0.4 is 10.5 Å². The minimum Gasteiger partial charge on any atom is -0.496 e. The molecule has 3 nitrogen and oxygen atoms in total. The summed E-state index contributed by atoms with van der Waals surface area (Å²) in [4.78, 5) is 0. The van der Waals surface area contributed by atoms with Gasteiger partial charge in [-0.1, -0.05) is 13.0 Å². The van der Waals surface area contributed by atoms with Crippen LogP contribution in [0.15, 0.2) is 34.7 Å². The van der Waals surface area contributed by atoms with Crippen molar-refractivity contribution >= 4 is 0 Å². The molecule has 96 valence electrons. The number of aryl methyl sites for hydroxylation is 1. The van der Waals surface area contributed by atoms with Gasteiger partial charge in [-0.25, -0.2) is 4.39 Å². The van der Waals surface area contributed by atoms with Gasteiger partial charge in [0, 0.05) is 6.42 Å². The summed E-state index contributed by atoms with van der Waals surface area (Å²) in [5.41, 5.74) is 6.36. The maximum Gasteiger partial charge on any atom is 0.132 e. The molecule has 1 aromatic heterocycles. The van der Waals surface area contributed by atoms with E-state index in [0.717, 1.165) is 12.2 Å². The number of halogens is 1. The second-order valence-electron chi connectivity index (χ2n) is 3.99. The Morgan fingerprint density at radius 3 is 2.72 bits per heavy atom. The number of methoxy groups -OCH3 is 1. The second-order valence-corrected chi connectivity index (χ2v) is 3.99. The van der Waals surface area contributed by atoms with Gasteiger partial charge in [-0.3, -0.25) is 0 Å². The van der Waals surface area contributed by atoms with Crippen molar-refractivity contribution in [2.45, 2.75) is 19.4 Å². The zero-order chi connectivity index (χ0) is 13.1. The molecule has 1 unspecified atom stereocenters. The van der Waals surface area contributed by atoms with Gasteiger partial charge in [0.2, 0.25) is 0 Å². The minimum atomic E-state index is -0.665. The van der Waals surface area contributed by atoms with Gasteiger partial charge in [0.05, 0.1) is 18.7 Å². The Bertz CT molecular complexity index is 536. The van der Waals surface area contributed by atoms with Gasteiger partial charge in [0.1, 0.15) is 23.1 Å². The molecule has 0 aliphatic rings. The number of benzene rings is 1. The zero-order valence-electron chi connectivity index (χ0n) is 10.4. The highest BCUT2D eigenvalue weighted by Gasteiger charge is 2.21.